The zero-order valence-electron chi connectivity index (χ0n) is 17.5. The molecule has 1 aromatic rings. The molecule has 1 unspecified atom stereocenters. The highest BCUT2D eigenvalue weighted by Crippen LogP contribution is 2.26. The van der Waals surface area contributed by atoms with Crippen molar-refractivity contribution < 1.29 is 13.9 Å². The summed E-state index contributed by atoms with van der Waals surface area (Å²) >= 11 is 0. The van der Waals surface area contributed by atoms with Gasteiger partial charge in [-0.2, -0.15) is 0 Å². The van der Waals surface area contributed by atoms with Gasteiger partial charge in [0.25, 0.3) is 0 Å². The Morgan fingerprint density at radius 3 is 2.64 bits per heavy atom. The molecular weight excluding hydrogens is 471 g/mol. The van der Waals surface area contributed by atoms with Crippen LogP contribution in [-0.4, -0.2) is 70.5 Å². The third-order valence-corrected chi connectivity index (χ3v) is 4.63. The second kappa shape index (κ2) is 15.1. The van der Waals surface area contributed by atoms with Crippen molar-refractivity contribution in [1.29, 1.82) is 0 Å². The van der Waals surface area contributed by atoms with Crippen LogP contribution in [0, 0.1) is 6.92 Å². The molecule has 1 aromatic heterocycles. The van der Waals surface area contributed by atoms with E-state index in [1.807, 2.05) is 13.0 Å². The first-order valence-corrected chi connectivity index (χ1v) is 10.1. The summed E-state index contributed by atoms with van der Waals surface area (Å²) < 4.78 is 16.4. The van der Waals surface area contributed by atoms with E-state index in [4.69, 9.17) is 18.9 Å². The molecule has 0 aliphatic carbocycles. The Balaban J connectivity index is 0.00000392. The van der Waals surface area contributed by atoms with Crippen LogP contribution >= 0.6 is 24.0 Å². The molecule has 7 nitrogen and oxygen atoms in total. The number of nitrogens with zero attached hydrogens (tertiary/aromatic N) is 2. The SMILES string of the molecule is CCNC(=NCC(c1ccc(C)o1)N1CCCC1)NCCCOCCOC.I. The number of aryl methyl sites for hydroxylation is 1. The average Bonchev–Trinajstić information content (AvgIpc) is 3.33. The first kappa shape index (κ1) is 25.2. The lowest BCUT2D eigenvalue weighted by atomic mass is 10.2. The largest absolute Gasteiger partial charge is 0.465 e. The van der Waals surface area contributed by atoms with Crippen LogP contribution in [0.2, 0.25) is 0 Å². The monoisotopic (exact) mass is 508 g/mol. The van der Waals surface area contributed by atoms with E-state index in [9.17, 15) is 0 Å². The number of methoxy groups -OCH3 is 1. The topological polar surface area (TPSA) is 71.3 Å². The van der Waals surface area contributed by atoms with Gasteiger partial charge in [-0.25, -0.2) is 0 Å². The van der Waals surface area contributed by atoms with Crippen LogP contribution in [0.3, 0.4) is 0 Å². The van der Waals surface area contributed by atoms with Crippen molar-refractivity contribution in [3.63, 3.8) is 0 Å². The summed E-state index contributed by atoms with van der Waals surface area (Å²) in [7, 11) is 1.68. The van der Waals surface area contributed by atoms with Gasteiger partial charge in [-0.1, -0.05) is 0 Å². The minimum atomic E-state index is 0. The lowest BCUT2D eigenvalue weighted by Crippen LogP contribution is -2.39. The van der Waals surface area contributed by atoms with Gasteiger partial charge in [0.1, 0.15) is 11.5 Å². The molecule has 2 heterocycles. The van der Waals surface area contributed by atoms with Crippen LogP contribution in [0.4, 0.5) is 0 Å². The predicted octanol–water partition coefficient (Wildman–Crippen LogP) is 2.95. The van der Waals surface area contributed by atoms with Crippen molar-refractivity contribution in [1.82, 2.24) is 15.5 Å². The number of rotatable bonds is 12. The highest BCUT2D eigenvalue weighted by molar-refractivity contribution is 14.0. The van der Waals surface area contributed by atoms with Gasteiger partial charge in [-0.3, -0.25) is 9.89 Å². The van der Waals surface area contributed by atoms with Crippen molar-refractivity contribution >= 4 is 29.9 Å². The fourth-order valence-electron chi connectivity index (χ4n) is 3.22. The zero-order valence-corrected chi connectivity index (χ0v) is 19.9. The second-order valence-electron chi connectivity index (χ2n) is 6.81. The van der Waals surface area contributed by atoms with Gasteiger partial charge in [0, 0.05) is 26.8 Å². The van der Waals surface area contributed by atoms with Crippen molar-refractivity contribution in [2.24, 2.45) is 4.99 Å². The second-order valence-corrected chi connectivity index (χ2v) is 6.81. The highest BCUT2D eigenvalue weighted by Gasteiger charge is 2.25. The molecule has 162 valence electrons. The average molecular weight is 508 g/mol. The minimum absolute atomic E-state index is 0. The number of hydrogen-bond acceptors (Lipinski definition) is 5. The molecule has 0 saturated carbocycles. The van der Waals surface area contributed by atoms with Crippen LogP contribution in [-0.2, 0) is 9.47 Å². The maximum absolute atomic E-state index is 5.92. The summed E-state index contributed by atoms with van der Waals surface area (Å²) in [6.07, 6.45) is 3.43. The van der Waals surface area contributed by atoms with Gasteiger partial charge < -0.3 is 24.5 Å². The van der Waals surface area contributed by atoms with Crippen molar-refractivity contribution in [3.8, 4) is 0 Å². The third kappa shape index (κ3) is 9.11. The van der Waals surface area contributed by atoms with E-state index in [1.54, 1.807) is 7.11 Å². The van der Waals surface area contributed by atoms with E-state index >= 15 is 0 Å². The summed E-state index contributed by atoms with van der Waals surface area (Å²) in [5.74, 6) is 2.82. The first-order valence-electron chi connectivity index (χ1n) is 10.1. The minimum Gasteiger partial charge on any atom is -0.465 e. The number of likely N-dealkylation sites (tertiary alicyclic amines) is 1. The zero-order chi connectivity index (χ0) is 19.3. The Labute approximate surface area is 186 Å². The van der Waals surface area contributed by atoms with Crippen LogP contribution in [0.25, 0.3) is 0 Å². The molecule has 2 rings (SSSR count). The van der Waals surface area contributed by atoms with Gasteiger partial charge in [-0.05, 0) is 58.3 Å². The Hall–Kier alpha value is -0.840. The lowest BCUT2D eigenvalue weighted by molar-refractivity contribution is 0.0698. The number of guanidine groups is 1. The number of ether oxygens (including phenoxy) is 2. The Morgan fingerprint density at radius 1 is 1.21 bits per heavy atom. The highest BCUT2D eigenvalue weighted by atomic mass is 127. The van der Waals surface area contributed by atoms with E-state index in [1.165, 1.54) is 12.8 Å². The summed E-state index contributed by atoms with van der Waals surface area (Å²) in [4.78, 5) is 7.30. The lowest BCUT2D eigenvalue weighted by Gasteiger charge is -2.24. The maximum atomic E-state index is 5.92. The molecule has 28 heavy (non-hydrogen) atoms. The number of halogens is 1. The van der Waals surface area contributed by atoms with Gasteiger partial charge >= 0.3 is 0 Å². The van der Waals surface area contributed by atoms with Gasteiger partial charge in [0.15, 0.2) is 5.96 Å². The Morgan fingerprint density at radius 2 is 2.00 bits per heavy atom. The van der Waals surface area contributed by atoms with Crippen molar-refractivity contribution in [3.05, 3.63) is 23.7 Å². The molecule has 0 spiro atoms. The molecule has 2 N–H and O–H groups in total. The van der Waals surface area contributed by atoms with Crippen molar-refractivity contribution in [2.45, 2.75) is 39.2 Å². The van der Waals surface area contributed by atoms with Crippen LogP contribution < -0.4 is 10.6 Å². The van der Waals surface area contributed by atoms with E-state index in [0.29, 0.717) is 19.8 Å². The summed E-state index contributed by atoms with van der Waals surface area (Å²) in [6.45, 7) is 10.7. The summed E-state index contributed by atoms with van der Waals surface area (Å²) in [6, 6.07) is 4.33. The first-order chi connectivity index (χ1) is 13.2. The Bertz CT molecular complexity index is 547. The number of aliphatic imine (C=N–C) groups is 1. The molecule has 0 bridgehead atoms. The van der Waals surface area contributed by atoms with Crippen LogP contribution in [0.5, 0.6) is 0 Å². The van der Waals surface area contributed by atoms with Crippen LogP contribution in [0.15, 0.2) is 21.5 Å². The number of nitrogens with one attached hydrogen (secondary N) is 2. The van der Waals surface area contributed by atoms with E-state index in [2.05, 4.69) is 28.5 Å². The fourth-order valence-corrected chi connectivity index (χ4v) is 3.22. The predicted molar refractivity (Wildman–Crippen MR) is 124 cm³/mol. The van der Waals surface area contributed by atoms with Crippen molar-refractivity contribution in [2.75, 3.05) is 59.7 Å². The van der Waals surface area contributed by atoms with Gasteiger partial charge in [0.2, 0.25) is 0 Å². The fraction of sp³-hybridized carbons (Fsp3) is 0.750. The third-order valence-electron chi connectivity index (χ3n) is 4.63. The molecule has 1 atom stereocenters. The molecule has 0 radical (unpaired) electrons. The van der Waals surface area contributed by atoms with E-state index < -0.39 is 0 Å². The van der Waals surface area contributed by atoms with Gasteiger partial charge in [-0.15, -0.1) is 24.0 Å². The molecule has 1 fully saturated rings. The Kier molecular flexibility index (Phi) is 13.6. The van der Waals surface area contributed by atoms with E-state index in [0.717, 1.165) is 56.7 Å². The normalized spacial score (nSPS) is 16.0. The molecule has 1 saturated heterocycles. The number of furan rings is 1. The van der Waals surface area contributed by atoms with Crippen LogP contribution in [0.1, 0.15) is 43.7 Å². The maximum Gasteiger partial charge on any atom is 0.191 e. The molecule has 1 aliphatic heterocycles. The number of hydrogen-bond donors (Lipinski definition) is 2. The molecule has 0 amide bonds. The quantitative estimate of drug-likeness (QED) is 0.196. The molecule has 1 aliphatic rings. The van der Waals surface area contributed by atoms with E-state index in [-0.39, 0.29) is 30.0 Å². The standard InChI is InChI=1S/C20H36N4O3.HI/c1-4-21-20(22-10-7-13-26-15-14-25-3)23-16-18(24-11-5-6-12-24)19-9-8-17(2)27-19;/h8-9,18H,4-7,10-16H2,1-3H3,(H2,21,22,23);1H. The summed E-state index contributed by atoms with van der Waals surface area (Å²) in [5, 5.41) is 6.72. The molecule has 0 aromatic carbocycles. The smallest absolute Gasteiger partial charge is 0.191 e. The van der Waals surface area contributed by atoms with Gasteiger partial charge in [0.05, 0.1) is 25.8 Å². The molecular formula is C20H37IN4O3. The molecule has 8 heteroatoms. The summed E-state index contributed by atoms with van der Waals surface area (Å²) in [5.41, 5.74) is 0.